The standard InChI is InChI=1S/C22H25F2N3O2/c1-14-6-9-27(10-7-14)22(28)16-3-5-20(25-13-16)26-19-8-11-29-21(19)15-2-4-17(23)18(24)12-15/h2-5,12-14,19,21H,6-11H2,1H3,(H,25,26). The normalized spacial score (nSPS) is 22.7. The van der Waals surface area contributed by atoms with Crippen LogP contribution in [0, 0.1) is 17.6 Å². The lowest BCUT2D eigenvalue weighted by molar-refractivity contribution is 0.0697. The number of nitrogens with one attached hydrogen (secondary N) is 1. The molecule has 1 N–H and O–H groups in total. The summed E-state index contributed by atoms with van der Waals surface area (Å²) < 4.78 is 32.5. The third-order valence-corrected chi connectivity index (χ3v) is 5.78. The van der Waals surface area contributed by atoms with Crippen LogP contribution in [0.2, 0.25) is 0 Å². The van der Waals surface area contributed by atoms with Crippen LogP contribution in [0.5, 0.6) is 0 Å². The van der Waals surface area contributed by atoms with Crippen molar-refractivity contribution >= 4 is 11.7 Å². The van der Waals surface area contributed by atoms with Crippen molar-refractivity contribution in [1.29, 1.82) is 0 Å². The van der Waals surface area contributed by atoms with E-state index >= 15 is 0 Å². The highest BCUT2D eigenvalue weighted by molar-refractivity contribution is 5.94. The smallest absolute Gasteiger partial charge is 0.255 e. The number of ether oxygens (including phenoxy) is 1. The van der Waals surface area contributed by atoms with Gasteiger partial charge in [-0.1, -0.05) is 13.0 Å². The van der Waals surface area contributed by atoms with E-state index in [2.05, 4.69) is 17.2 Å². The molecule has 2 saturated heterocycles. The summed E-state index contributed by atoms with van der Waals surface area (Å²) in [6, 6.07) is 7.27. The molecule has 2 aromatic rings. The van der Waals surface area contributed by atoms with E-state index in [1.165, 1.54) is 12.1 Å². The van der Waals surface area contributed by atoms with Gasteiger partial charge in [-0.25, -0.2) is 13.8 Å². The first-order valence-electron chi connectivity index (χ1n) is 10.1. The van der Waals surface area contributed by atoms with Crippen LogP contribution in [0.4, 0.5) is 14.6 Å². The monoisotopic (exact) mass is 401 g/mol. The Morgan fingerprint density at radius 1 is 1.14 bits per heavy atom. The number of anilines is 1. The molecule has 2 aliphatic rings. The van der Waals surface area contributed by atoms with Gasteiger partial charge in [-0.2, -0.15) is 0 Å². The number of hydrogen-bond donors (Lipinski definition) is 1. The van der Waals surface area contributed by atoms with Crippen LogP contribution >= 0.6 is 0 Å². The fourth-order valence-corrected chi connectivity index (χ4v) is 3.95. The fraction of sp³-hybridized carbons (Fsp3) is 0.455. The Balaban J connectivity index is 1.41. The Bertz CT molecular complexity index is 867. The van der Waals surface area contributed by atoms with E-state index in [-0.39, 0.29) is 18.1 Å². The zero-order valence-corrected chi connectivity index (χ0v) is 16.4. The maximum atomic E-state index is 13.6. The van der Waals surface area contributed by atoms with Gasteiger partial charge in [0.2, 0.25) is 0 Å². The maximum Gasteiger partial charge on any atom is 0.255 e. The molecule has 0 saturated carbocycles. The number of hydrogen-bond acceptors (Lipinski definition) is 4. The molecule has 1 aromatic carbocycles. The van der Waals surface area contributed by atoms with E-state index in [0.29, 0.717) is 29.5 Å². The second-order valence-corrected chi connectivity index (χ2v) is 7.91. The van der Waals surface area contributed by atoms with Gasteiger partial charge in [-0.15, -0.1) is 0 Å². The number of halogens is 2. The van der Waals surface area contributed by atoms with E-state index < -0.39 is 11.6 Å². The predicted molar refractivity (Wildman–Crippen MR) is 106 cm³/mol. The quantitative estimate of drug-likeness (QED) is 0.835. The number of benzene rings is 1. The summed E-state index contributed by atoms with van der Waals surface area (Å²) in [5.74, 6) is -0.456. The lowest BCUT2D eigenvalue weighted by Crippen LogP contribution is -2.37. The molecule has 1 amide bonds. The highest BCUT2D eigenvalue weighted by Crippen LogP contribution is 2.32. The number of nitrogens with zero attached hydrogens (tertiary/aromatic N) is 2. The fourth-order valence-electron chi connectivity index (χ4n) is 3.95. The topological polar surface area (TPSA) is 54.5 Å². The molecule has 2 unspecified atom stereocenters. The molecule has 2 fully saturated rings. The summed E-state index contributed by atoms with van der Waals surface area (Å²) >= 11 is 0. The zero-order chi connectivity index (χ0) is 20.4. The minimum atomic E-state index is -0.884. The minimum Gasteiger partial charge on any atom is -0.371 e. The minimum absolute atomic E-state index is 0.0137. The van der Waals surface area contributed by atoms with Crippen LogP contribution in [0.3, 0.4) is 0 Å². The number of piperidine rings is 1. The highest BCUT2D eigenvalue weighted by Gasteiger charge is 2.30. The Kier molecular flexibility index (Phi) is 5.76. The third-order valence-electron chi connectivity index (χ3n) is 5.78. The van der Waals surface area contributed by atoms with Crippen LogP contribution in [0.25, 0.3) is 0 Å². The molecule has 5 nitrogen and oxygen atoms in total. The van der Waals surface area contributed by atoms with E-state index in [4.69, 9.17) is 4.74 Å². The van der Waals surface area contributed by atoms with Gasteiger partial charge in [-0.3, -0.25) is 4.79 Å². The van der Waals surface area contributed by atoms with Crippen molar-refractivity contribution in [3.63, 3.8) is 0 Å². The average Bonchev–Trinajstić information content (AvgIpc) is 3.19. The SMILES string of the molecule is CC1CCN(C(=O)c2ccc(NC3CCOC3c3ccc(F)c(F)c3)nc2)CC1. The molecule has 1 aromatic heterocycles. The summed E-state index contributed by atoms with van der Waals surface area (Å²) in [7, 11) is 0. The molecule has 0 spiro atoms. The van der Waals surface area contributed by atoms with E-state index in [0.717, 1.165) is 38.4 Å². The first kappa shape index (κ1) is 19.8. The van der Waals surface area contributed by atoms with Crippen LogP contribution < -0.4 is 5.32 Å². The van der Waals surface area contributed by atoms with Gasteiger partial charge >= 0.3 is 0 Å². The van der Waals surface area contributed by atoms with Gasteiger partial charge < -0.3 is 15.0 Å². The summed E-state index contributed by atoms with van der Waals surface area (Å²) in [4.78, 5) is 18.9. The number of carbonyl (C=O) groups excluding carboxylic acids is 1. The molecule has 0 radical (unpaired) electrons. The Morgan fingerprint density at radius 3 is 2.62 bits per heavy atom. The Labute approximate surface area is 169 Å². The van der Waals surface area contributed by atoms with Gasteiger partial charge in [0.05, 0.1) is 11.6 Å². The number of pyridine rings is 1. The summed E-state index contributed by atoms with van der Waals surface area (Å²) in [5.41, 5.74) is 1.16. The van der Waals surface area contributed by atoms with Crippen molar-refractivity contribution in [2.24, 2.45) is 5.92 Å². The number of rotatable bonds is 4. The van der Waals surface area contributed by atoms with Crippen molar-refractivity contribution < 1.29 is 18.3 Å². The van der Waals surface area contributed by atoms with Crippen LogP contribution in [0.15, 0.2) is 36.5 Å². The largest absolute Gasteiger partial charge is 0.371 e. The molecule has 2 aliphatic heterocycles. The first-order chi connectivity index (χ1) is 14.0. The Morgan fingerprint density at radius 2 is 1.93 bits per heavy atom. The van der Waals surface area contributed by atoms with Crippen LogP contribution in [0.1, 0.15) is 48.2 Å². The predicted octanol–water partition coefficient (Wildman–Crippen LogP) is 4.17. The second-order valence-electron chi connectivity index (χ2n) is 7.91. The van der Waals surface area contributed by atoms with Crippen molar-refractivity contribution in [3.8, 4) is 0 Å². The molecule has 4 rings (SSSR count). The lowest BCUT2D eigenvalue weighted by Gasteiger charge is -2.30. The number of likely N-dealkylation sites (tertiary alicyclic amines) is 1. The summed E-state index contributed by atoms with van der Waals surface area (Å²) in [5, 5.41) is 3.30. The van der Waals surface area contributed by atoms with Gasteiger partial charge in [0.15, 0.2) is 11.6 Å². The molecule has 154 valence electrons. The van der Waals surface area contributed by atoms with Gasteiger partial charge in [0.1, 0.15) is 11.9 Å². The van der Waals surface area contributed by atoms with Crippen LogP contribution in [-0.4, -0.2) is 41.5 Å². The van der Waals surface area contributed by atoms with Crippen molar-refractivity contribution in [2.75, 3.05) is 25.0 Å². The molecular weight excluding hydrogens is 376 g/mol. The summed E-state index contributed by atoms with van der Waals surface area (Å²) in [6.45, 7) is 4.31. The zero-order valence-electron chi connectivity index (χ0n) is 16.4. The molecule has 7 heteroatoms. The lowest BCUT2D eigenvalue weighted by atomic mass is 9.99. The number of amides is 1. The van der Waals surface area contributed by atoms with E-state index in [1.54, 1.807) is 18.3 Å². The van der Waals surface area contributed by atoms with Crippen molar-refractivity contribution in [2.45, 2.75) is 38.3 Å². The van der Waals surface area contributed by atoms with Gasteiger partial charge in [-0.05, 0) is 55.0 Å². The van der Waals surface area contributed by atoms with E-state index in [9.17, 15) is 13.6 Å². The third kappa shape index (κ3) is 4.40. The van der Waals surface area contributed by atoms with Crippen molar-refractivity contribution in [1.82, 2.24) is 9.88 Å². The van der Waals surface area contributed by atoms with Gasteiger partial charge in [0, 0.05) is 25.9 Å². The number of carbonyl (C=O) groups is 1. The van der Waals surface area contributed by atoms with E-state index in [1.807, 2.05) is 4.90 Å². The molecule has 2 atom stereocenters. The summed E-state index contributed by atoms with van der Waals surface area (Å²) in [6.07, 6.45) is 3.99. The van der Waals surface area contributed by atoms with Crippen LogP contribution in [-0.2, 0) is 4.74 Å². The molecular formula is C22H25F2N3O2. The molecule has 29 heavy (non-hydrogen) atoms. The van der Waals surface area contributed by atoms with Crippen molar-refractivity contribution in [3.05, 3.63) is 59.3 Å². The molecule has 0 bridgehead atoms. The first-order valence-corrected chi connectivity index (χ1v) is 10.1. The molecule has 0 aliphatic carbocycles. The number of aromatic nitrogens is 1. The highest BCUT2D eigenvalue weighted by atomic mass is 19.2. The average molecular weight is 401 g/mol. The van der Waals surface area contributed by atoms with Gasteiger partial charge in [0.25, 0.3) is 5.91 Å². The second kappa shape index (κ2) is 8.45. The maximum absolute atomic E-state index is 13.6. The molecule has 3 heterocycles. The Hall–Kier alpha value is -2.54.